The molecule has 2 aromatic heterocycles. The van der Waals surface area contributed by atoms with Crippen molar-refractivity contribution in [2.75, 3.05) is 4.90 Å². The van der Waals surface area contributed by atoms with Gasteiger partial charge in [-0.15, -0.1) is 11.3 Å². The first-order valence-corrected chi connectivity index (χ1v) is 22.1. The van der Waals surface area contributed by atoms with Crippen LogP contribution in [0, 0.1) is 0 Å². The van der Waals surface area contributed by atoms with Crippen LogP contribution in [0.25, 0.3) is 65.2 Å². The fourth-order valence-corrected chi connectivity index (χ4v) is 10.7. The molecule has 0 amide bonds. The SMILES string of the molecule is c1ccc(-c2nc(-c3ccccc3)nc(N(c3ccc(-c4ccc5sc6ccccc6c5c4)cc3)c3cccc(C4(c5ccccc5)c5ccccc5-c5ccccc54)c3)n2)cc1. The number of aromatic nitrogens is 3. The quantitative estimate of drug-likeness (QED) is 0.153. The maximum Gasteiger partial charge on any atom is 0.238 e. The van der Waals surface area contributed by atoms with E-state index < -0.39 is 5.41 Å². The zero-order valence-corrected chi connectivity index (χ0v) is 35.0. The lowest BCUT2D eigenvalue weighted by Crippen LogP contribution is -2.29. The van der Waals surface area contributed by atoms with E-state index in [2.05, 4.69) is 199 Å². The molecule has 1 aliphatic rings. The van der Waals surface area contributed by atoms with Crippen molar-refractivity contribution in [1.29, 1.82) is 0 Å². The van der Waals surface area contributed by atoms with Gasteiger partial charge in [0.15, 0.2) is 11.6 Å². The molecule has 0 fully saturated rings. The number of thiophene rings is 1. The van der Waals surface area contributed by atoms with E-state index in [-0.39, 0.29) is 0 Å². The predicted octanol–water partition coefficient (Wildman–Crippen LogP) is 15.1. The lowest BCUT2D eigenvalue weighted by atomic mass is 9.67. The fraction of sp³-hybridized carbons (Fsp3) is 0.0172. The number of benzene rings is 9. The van der Waals surface area contributed by atoms with E-state index in [0.29, 0.717) is 17.6 Å². The topological polar surface area (TPSA) is 41.9 Å². The number of hydrogen-bond acceptors (Lipinski definition) is 5. The van der Waals surface area contributed by atoms with Crippen molar-refractivity contribution < 1.29 is 0 Å². The van der Waals surface area contributed by atoms with Crippen LogP contribution in [0.3, 0.4) is 0 Å². The summed E-state index contributed by atoms with van der Waals surface area (Å²) in [6.07, 6.45) is 0. The highest BCUT2D eigenvalue weighted by atomic mass is 32.1. The zero-order chi connectivity index (χ0) is 41.7. The zero-order valence-electron chi connectivity index (χ0n) is 34.1. The molecule has 0 bridgehead atoms. The smallest absolute Gasteiger partial charge is 0.238 e. The highest BCUT2D eigenvalue weighted by molar-refractivity contribution is 7.25. The average Bonchev–Trinajstić information content (AvgIpc) is 3.89. The molecular weight excluding hydrogens is 785 g/mol. The molecule has 0 atom stereocenters. The van der Waals surface area contributed by atoms with E-state index >= 15 is 0 Å². The van der Waals surface area contributed by atoms with Crippen molar-refractivity contribution in [2.24, 2.45) is 0 Å². The summed E-state index contributed by atoms with van der Waals surface area (Å²) in [6, 6.07) is 82.3. The van der Waals surface area contributed by atoms with Gasteiger partial charge < -0.3 is 0 Å². The summed E-state index contributed by atoms with van der Waals surface area (Å²) in [4.78, 5) is 17.9. The van der Waals surface area contributed by atoms with E-state index in [0.717, 1.165) is 33.6 Å². The Morgan fingerprint density at radius 2 is 0.889 bits per heavy atom. The van der Waals surface area contributed by atoms with E-state index in [4.69, 9.17) is 15.0 Å². The molecule has 0 aliphatic heterocycles. The summed E-state index contributed by atoms with van der Waals surface area (Å²) >= 11 is 1.84. The van der Waals surface area contributed by atoms with Gasteiger partial charge in [-0.1, -0.05) is 188 Å². The monoisotopic (exact) mass is 822 g/mol. The van der Waals surface area contributed by atoms with Crippen LogP contribution in [0.2, 0.25) is 0 Å². The van der Waals surface area contributed by atoms with Crippen molar-refractivity contribution >= 4 is 48.8 Å². The maximum atomic E-state index is 5.30. The molecule has 0 N–H and O–H groups in total. The van der Waals surface area contributed by atoms with Crippen molar-refractivity contribution in [3.8, 4) is 45.0 Å². The second kappa shape index (κ2) is 15.2. The van der Waals surface area contributed by atoms with Crippen LogP contribution in [-0.2, 0) is 5.41 Å². The molecule has 0 saturated carbocycles. The van der Waals surface area contributed by atoms with Gasteiger partial charge in [-0.2, -0.15) is 9.97 Å². The van der Waals surface area contributed by atoms with Crippen LogP contribution < -0.4 is 4.90 Å². The maximum absolute atomic E-state index is 5.30. The summed E-state index contributed by atoms with van der Waals surface area (Å²) < 4.78 is 2.60. The van der Waals surface area contributed by atoms with Crippen molar-refractivity contribution in [2.45, 2.75) is 5.41 Å². The molecule has 0 radical (unpaired) electrons. The van der Waals surface area contributed by atoms with Crippen molar-refractivity contribution in [1.82, 2.24) is 15.0 Å². The average molecular weight is 823 g/mol. The van der Waals surface area contributed by atoms with Gasteiger partial charge in [-0.25, -0.2) is 4.98 Å². The van der Waals surface area contributed by atoms with E-state index in [1.54, 1.807) is 0 Å². The van der Waals surface area contributed by atoms with Crippen LogP contribution >= 0.6 is 11.3 Å². The fourth-order valence-electron chi connectivity index (χ4n) is 9.58. The molecule has 0 saturated heterocycles. The van der Waals surface area contributed by atoms with Gasteiger partial charge in [0.05, 0.1) is 5.41 Å². The van der Waals surface area contributed by atoms with Gasteiger partial charge in [0.1, 0.15) is 0 Å². The Hall–Kier alpha value is -7.99. The highest BCUT2D eigenvalue weighted by Gasteiger charge is 2.46. The largest absolute Gasteiger partial charge is 0.279 e. The van der Waals surface area contributed by atoms with Gasteiger partial charge in [0.2, 0.25) is 5.95 Å². The molecule has 0 unspecified atom stereocenters. The van der Waals surface area contributed by atoms with Gasteiger partial charge in [-0.3, -0.25) is 4.90 Å². The normalized spacial score (nSPS) is 12.6. The lowest BCUT2D eigenvalue weighted by Gasteiger charge is -2.35. The Labute approximate surface area is 370 Å². The number of anilines is 3. The van der Waals surface area contributed by atoms with E-state index in [1.165, 1.54) is 53.6 Å². The third-order valence-corrected chi connectivity index (χ3v) is 13.6. The summed E-state index contributed by atoms with van der Waals surface area (Å²) in [5.41, 5.74) is 12.8. The molecule has 12 rings (SSSR count). The lowest BCUT2D eigenvalue weighted by molar-refractivity contribution is 0.768. The second-order valence-corrected chi connectivity index (χ2v) is 17.0. The molecule has 1 aliphatic carbocycles. The summed E-state index contributed by atoms with van der Waals surface area (Å²) in [6.45, 7) is 0. The molecule has 9 aromatic carbocycles. The number of hydrogen-bond donors (Lipinski definition) is 0. The third kappa shape index (κ3) is 6.16. The third-order valence-electron chi connectivity index (χ3n) is 12.4. The first-order chi connectivity index (χ1) is 31.2. The number of fused-ring (bicyclic) bond motifs is 6. The number of rotatable bonds is 8. The first kappa shape index (κ1) is 36.8. The van der Waals surface area contributed by atoms with Crippen molar-refractivity contribution in [3.63, 3.8) is 0 Å². The highest BCUT2D eigenvalue weighted by Crippen LogP contribution is 2.56. The molecule has 5 heteroatoms. The van der Waals surface area contributed by atoms with Gasteiger partial charge >= 0.3 is 0 Å². The molecule has 11 aromatic rings. The predicted molar refractivity (Wildman–Crippen MR) is 261 cm³/mol. The van der Waals surface area contributed by atoms with E-state index in [9.17, 15) is 0 Å². The minimum Gasteiger partial charge on any atom is -0.279 e. The van der Waals surface area contributed by atoms with Crippen LogP contribution in [0.15, 0.2) is 231 Å². The van der Waals surface area contributed by atoms with Crippen LogP contribution in [0.1, 0.15) is 22.3 Å². The molecular formula is C58H38N4S. The minimum atomic E-state index is -0.575. The van der Waals surface area contributed by atoms with E-state index in [1.807, 2.05) is 47.7 Å². The van der Waals surface area contributed by atoms with Gasteiger partial charge in [0.25, 0.3) is 0 Å². The first-order valence-electron chi connectivity index (χ1n) is 21.3. The van der Waals surface area contributed by atoms with Crippen LogP contribution in [-0.4, -0.2) is 15.0 Å². The Balaban J connectivity index is 1.07. The summed E-state index contributed by atoms with van der Waals surface area (Å²) in [5.74, 6) is 1.74. The minimum absolute atomic E-state index is 0.528. The molecule has 0 spiro atoms. The molecule has 296 valence electrons. The summed E-state index contributed by atoms with van der Waals surface area (Å²) in [5, 5.41) is 2.58. The second-order valence-electron chi connectivity index (χ2n) is 16.0. The number of nitrogens with zero attached hydrogens (tertiary/aromatic N) is 4. The molecule has 4 nitrogen and oxygen atoms in total. The molecule has 63 heavy (non-hydrogen) atoms. The Morgan fingerprint density at radius 3 is 1.56 bits per heavy atom. The Bertz CT molecular complexity index is 3350. The van der Waals surface area contributed by atoms with Gasteiger partial charge in [-0.05, 0) is 87.0 Å². The standard InChI is InChI=1S/C58H38N4S/c1-4-17-40(18-5-1)55-59-56(41-19-6-2-7-20-41)61-57(60-55)62(45-34-31-39(32-35-45)42-33-36-54-50(37-42)49-27-12-15-30-53(49)63-54)46-24-16-23-44(38-46)58(43-21-8-3-9-22-43)51-28-13-10-25-47(51)48-26-11-14-29-52(48)58/h1-38H. The van der Waals surface area contributed by atoms with Crippen molar-refractivity contribution in [3.05, 3.63) is 253 Å². The summed E-state index contributed by atoms with van der Waals surface area (Å²) in [7, 11) is 0. The van der Waals surface area contributed by atoms with Crippen LogP contribution in [0.4, 0.5) is 17.3 Å². The van der Waals surface area contributed by atoms with Gasteiger partial charge in [0, 0.05) is 42.7 Å². The Morgan fingerprint density at radius 1 is 0.349 bits per heavy atom. The Kier molecular flexibility index (Phi) is 8.87. The molecule has 2 heterocycles. The van der Waals surface area contributed by atoms with Crippen LogP contribution in [0.5, 0.6) is 0 Å².